The minimum Gasteiger partial charge on any atom is -0.496 e. The van der Waals surface area contributed by atoms with E-state index in [1.165, 1.54) is 11.3 Å². The van der Waals surface area contributed by atoms with E-state index in [1.54, 1.807) is 14.2 Å². The molecule has 0 aromatic heterocycles. The molecule has 1 heterocycles. The highest BCUT2D eigenvalue weighted by Crippen LogP contribution is 2.28. The van der Waals surface area contributed by atoms with E-state index in [9.17, 15) is 0 Å². The highest BCUT2D eigenvalue weighted by atomic mass is 35.5. The van der Waals surface area contributed by atoms with Crippen molar-refractivity contribution in [3.05, 3.63) is 82.9 Å². The summed E-state index contributed by atoms with van der Waals surface area (Å²) < 4.78 is 16.6. The van der Waals surface area contributed by atoms with E-state index in [2.05, 4.69) is 40.1 Å². The van der Waals surface area contributed by atoms with E-state index >= 15 is 0 Å². The van der Waals surface area contributed by atoms with Crippen molar-refractivity contribution >= 4 is 17.3 Å². The van der Waals surface area contributed by atoms with Crippen molar-refractivity contribution in [3.63, 3.8) is 0 Å². The van der Waals surface area contributed by atoms with Gasteiger partial charge in [0.05, 0.1) is 14.2 Å². The fraction of sp³-hybridized carbons (Fsp3) is 0.333. The molecule has 0 amide bonds. The van der Waals surface area contributed by atoms with Crippen LogP contribution < -0.4 is 19.1 Å². The van der Waals surface area contributed by atoms with Crippen LogP contribution in [-0.4, -0.2) is 51.8 Å². The van der Waals surface area contributed by atoms with Crippen LogP contribution in [0.2, 0.25) is 5.02 Å². The molecule has 3 aromatic carbocycles. The molecule has 0 radical (unpaired) electrons. The van der Waals surface area contributed by atoms with Crippen LogP contribution in [0, 0.1) is 0 Å². The van der Waals surface area contributed by atoms with E-state index in [0.717, 1.165) is 55.5 Å². The van der Waals surface area contributed by atoms with Crippen molar-refractivity contribution in [2.75, 3.05) is 51.8 Å². The van der Waals surface area contributed by atoms with Crippen LogP contribution in [0.4, 0.5) is 5.69 Å². The second kappa shape index (κ2) is 11.3. The Morgan fingerprint density at radius 1 is 0.758 bits per heavy atom. The molecule has 5 nitrogen and oxygen atoms in total. The van der Waals surface area contributed by atoms with Crippen molar-refractivity contribution < 1.29 is 14.2 Å². The van der Waals surface area contributed by atoms with Crippen LogP contribution in [-0.2, 0) is 13.0 Å². The third-order valence-corrected chi connectivity index (χ3v) is 6.25. The molecule has 0 unspecified atom stereocenters. The highest BCUT2D eigenvalue weighted by Gasteiger charge is 2.17. The highest BCUT2D eigenvalue weighted by molar-refractivity contribution is 6.30. The van der Waals surface area contributed by atoms with Crippen LogP contribution in [0.15, 0.2) is 66.7 Å². The zero-order chi connectivity index (χ0) is 23.0. The van der Waals surface area contributed by atoms with Crippen molar-refractivity contribution in [1.82, 2.24) is 4.90 Å². The van der Waals surface area contributed by atoms with Crippen LogP contribution >= 0.6 is 11.6 Å². The first-order valence-corrected chi connectivity index (χ1v) is 11.7. The number of halogens is 1. The Morgan fingerprint density at radius 3 is 2.03 bits per heavy atom. The maximum absolute atomic E-state index is 6.14. The summed E-state index contributed by atoms with van der Waals surface area (Å²) in [5.74, 6) is 2.16. The number of nitrogens with zero attached hydrogens (tertiary/aromatic N) is 2. The third-order valence-electron chi connectivity index (χ3n) is 6.02. The first-order valence-electron chi connectivity index (χ1n) is 11.3. The van der Waals surface area contributed by atoms with Gasteiger partial charge in [0.2, 0.25) is 0 Å². The number of piperazine rings is 1. The first kappa shape index (κ1) is 23.3. The SMILES string of the molecule is COc1cc(OC)cc(OCc2ccc(CCN3CCN(c4cccc(Cl)c4)CC3)cc2)c1. The summed E-state index contributed by atoms with van der Waals surface area (Å²) in [6, 6.07) is 22.4. The van der Waals surface area contributed by atoms with E-state index in [4.69, 9.17) is 25.8 Å². The molecule has 1 fully saturated rings. The van der Waals surface area contributed by atoms with Gasteiger partial charge in [-0.1, -0.05) is 41.9 Å². The summed E-state index contributed by atoms with van der Waals surface area (Å²) >= 11 is 6.14. The second-order valence-electron chi connectivity index (χ2n) is 8.21. The Balaban J connectivity index is 1.22. The predicted octanol–water partition coefficient (Wildman–Crippen LogP) is 5.30. The smallest absolute Gasteiger partial charge is 0.127 e. The van der Waals surface area contributed by atoms with Crippen molar-refractivity contribution in [1.29, 1.82) is 0 Å². The Bertz CT molecular complexity index is 1010. The molecular formula is C27H31ClN2O3. The number of anilines is 1. The van der Waals surface area contributed by atoms with E-state index < -0.39 is 0 Å². The van der Waals surface area contributed by atoms with E-state index in [1.807, 2.05) is 36.4 Å². The fourth-order valence-corrected chi connectivity index (χ4v) is 4.21. The molecule has 4 rings (SSSR count). The van der Waals surface area contributed by atoms with Crippen molar-refractivity contribution in [3.8, 4) is 17.2 Å². The summed E-state index contributed by atoms with van der Waals surface area (Å²) in [7, 11) is 3.27. The molecule has 174 valence electrons. The summed E-state index contributed by atoms with van der Waals surface area (Å²) in [5.41, 5.74) is 3.70. The Morgan fingerprint density at radius 2 is 1.39 bits per heavy atom. The average molecular weight is 467 g/mol. The van der Waals surface area contributed by atoms with Gasteiger partial charge in [-0.15, -0.1) is 0 Å². The molecule has 33 heavy (non-hydrogen) atoms. The van der Waals surface area contributed by atoms with Gasteiger partial charge >= 0.3 is 0 Å². The third kappa shape index (κ3) is 6.56. The molecule has 1 aliphatic rings. The first-order chi connectivity index (χ1) is 16.1. The average Bonchev–Trinajstić information content (AvgIpc) is 2.87. The summed E-state index contributed by atoms with van der Waals surface area (Å²) in [4.78, 5) is 4.95. The van der Waals surface area contributed by atoms with Gasteiger partial charge in [0.1, 0.15) is 23.9 Å². The summed E-state index contributed by atoms with van der Waals surface area (Å²) in [6.07, 6.45) is 1.05. The zero-order valence-electron chi connectivity index (χ0n) is 19.3. The Kier molecular flexibility index (Phi) is 7.97. The lowest BCUT2D eigenvalue weighted by atomic mass is 10.1. The normalized spacial score (nSPS) is 14.2. The lowest BCUT2D eigenvalue weighted by molar-refractivity contribution is 0.261. The number of methoxy groups -OCH3 is 2. The predicted molar refractivity (Wildman–Crippen MR) is 134 cm³/mol. The van der Waals surface area contributed by atoms with Crippen LogP contribution in [0.1, 0.15) is 11.1 Å². The second-order valence-corrected chi connectivity index (χ2v) is 8.65. The minimum atomic E-state index is 0.502. The summed E-state index contributed by atoms with van der Waals surface area (Å²) in [5, 5.41) is 0.798. The largest absolute Gasteiger partial charge is 0.496 e. The Labute approximate surface area is 201 Å². The summed E-state index contributed by atoms with van der Waals surface area (Å²) in [6.45, 7) is 5.78. The molecule has 0 aliphatic carbocycles. The number of rotatable bonds is 9. The van der Waals surface area contributed by atoms with Gasteiger partial charge in [-0.2, -0.15) is 0 Å². The molecule has 3 aromatic rings. The number of hydrogen-bond acceptors (Lipinski definition) is 5. The monoisotopic (exact) mass is 466 g/mol. The number of ether oxygens (including phenoxy) is 3. The van der Waals surface area contributed by atoms with E-state index in [-0.39, 0.29) is 0 Å². The lowest BCUT2D eigenvalue weighted by Gasteiger charge is -2.36. The molecule has 6 heteroatoms. The fourth-order valence-electron chi connectivity index (χ4n) is 4.02. The number of benzene rings is 3. The molecule has 0 bridgehead atoms. The molecule has 1 saturated heterocycles. The van der Waals surface area contributed by atoms with Gasteiger partial charge in [-0.3, -0.25) is 4.90 Å². The quantitative estimate of drug-likeness (QED) is 0.427. The lowest BCUT2D eigenvalue weighted by Crippen LogP contribution is -2.47. The standard InChI is InChI=1S/C27H31ClN2O3/c1-31-25-17-26(32-2)19-27(18-25)33-20-22-8-6-21(7-9-22)10-11-29-12-14-30(15-13-29)24-5-3-4-23(28)16-24/h3-9,16-19H,10-15,20H2,1-2H3. The van der Waals surface area contributed by atoms with Gasteiger partial charge < -0.3 is 19.1 Å². The maximum Gasteiger partial charge on any atom is 0.127 e. The minimum absolute atomic E-state index is 0.502. The van der Waals surface area contributed by atoms with Crippen LogP contribution in [0.5, 0.6) is 17.2 Å². The van der Waals surface area contributed by atoms with Gasteiger partial charge in [0, 0.05) is 61.6 Å². The topological polar surface area (TPSA) is 34.2 Å². The molecule has 0 atom stereocenters. The van der Waals surface area contributed by atoms with Gasteiger partial charge in [-0.25, -0.2) is 0 Å². The van der Waals surface area contributed by atoms with Crippen molar-refractivity contribution in [2.45, 2.75) is 13.0 Å². The maximum atomic E-state index is 6.14. The molecular weight excluding hydrogens is 436 g/mol. The molecule has 0 N–H and O–H groups in total. The van der Waals surface area contributed by atoms with E-state index in [0.29, 0.717) is 18.1 Å². The zero-order valence-corrected chi connectivity index (χ0v) is 20.1. The van der Waals surface area contributed by atoms with Gasteiger partial charge in [0.25, 0.3) is 0 Å². The van der Waals surface area contributed by atoms with Crippen molar-refractivity contribution in [2.24, 2.45) is 0 Å². The van der Waals surface area contributed by atoms with Gasteiger partial charge in [-0.05, 0) is 35.7 Å². The van der Waals surface area contributed by atoms with Crippen LogP contribution in [0.3, 0.4) is 0 Å². The molecule has 1 aliphatic heterocycles. The van der Waals surface area contributed by atoms with Gasteiger partial charge in [0.15, 0.2) is 0 Å². The van der Waals surface area contributed by atoms with Crippen LogP contribution in [0.25, 0.3) is 0 Å². The number of hydrogen-bond donors (Lipinski definition) is 0. The molecule has 0 saturated carbocycles. The Hall–Kier alpha value is -2.89. The molecule has 0 spiro atoms.